The largest absolute Gasteiger partial charge is 0.365 e. The molecule has 0 aliphatic heterocycles. The summed E-state index contributed by atoms with van der Waals surface area (Å²) in [6.45, 7) is 0.768. The highest BCUT2D eigenvalue weighted by Crippen LogP contribution is 2.28. The van der Waals surface area contributed by atoms with Crippen molar-refractivity contribution < 1.29 is 0 Å². The van der Waals surface area contributed by atoms with Crippen molar-refractivity contribution in [1.82, 2.24) is 15.0 Å². The van der Waals surface area contributed by atoms with E-state index in [-0.39, 0.29) is 0 Å². The average Bonchev–Trinajstić information content (AvgIpc) is 3.06. The molecule has 0 fully saturated rings. The maximum Gasteiger partial charge on any atom is 0.134 e. The van der Waals surface area contributed by atoms with Gasteiger partial charge in [0.05, 0.1) is 5.52 Å². The van der Waals surface area contributed by atoms with Crippen molar-refractivity contribution in [3.63, 3.8) is 0 Å². The fourth-order valence-corrected chi connectivity index (χ4v) is 3.07. The lowest BCUT2D eigenvalue weighted by Gasteiger charge is -2.10. The Bertz CT molecular complexity index is 903. The van der Waals surface area contributed by atoms with Gasteiger partial charge in [-0.05, 0) is 34.5 Å². The van der Waals surface area contributed by atoms with Gasteiger partial charge in [-0.25, -0.2) is 4.98 Å². The van der Waals surface area contributed by atoms with Crippen LogP contribution < -0.4 is 5.32 Å². The second kappa shape index (κ2) is 5.10. The summed E-state index contributed by atoms with van der Waals surface area (Å²) in [6.07, 6.45) is 7.27. The summed E-state index contributed by atoms with van der Waals surface area (Å²) in [5, 5.41) is 10.8. The summed E-state index contributed by atoms with van der Waals surface area (Å²) in [4.78, 5) is 13.2. The van der Waals surface area contributed by atoms with E-state index in [4.69, 9.17) is 4.98 Å². The molecule has 0 spiro atoms. The Morgan fingerprint density at radius 3 is 2.67 bits per heavy atom. The van der Waals surface area contributed by atoms with E-state index < -0.39 is 0 Å². The van der Waals surface area contributed by atoms with Crippen LogP contribution in [0.25, 0.3) is 21.7 Å². The van der Waals surface area contributed by atoms with Crippen LogP contribution in [-0.2, 0) is 6.54 Å². The lowest BCUT2D eigenvalue weighted by molar-refractivity contribution is 1.14. The van der Waals surface area contributed by atoms with Crippen LogP contribution in [0.4, 0.5) is 5.82 Å². The maximum absolute atomic E-state index is 4.73. The predicted molar refractivity (Wildman–Crippen MR) is 86.5 cm³/mol. The molecule has 21 heavy (non-hydrogen) atoms. The Hall–Kier alpha value is -2.53. The highest BCUT2D eigenvalue weighted by molar-refractivity contribution is 7.07. The fraction of sp³-hybridized carbons (Fsp3) is 0.0625. The van der Waals surface area contributed by atoms with Crippen molar-refractivity contribution in [3.05, 3.63) is 59.3 Å². The van der Waals surface area contributed by atoms with Crippen LogP contribution in [0.5, 0.6) is 0 Å². The van der Waals surface area contributed by atoms with E-state index in [1.54, 1.807) is 23.7 Å². The highest BCUT2D eigenvalue weighted by atomic mass is 32.1. The summed E-state index contributed by atoms with van der Waals surface area (Å²) in [5.74, 6) is 0.886. The third-order valence-electron chi connectivity index (χ3n) is 3.44. The molecular weight excluding hydrogens is 280 g/mol. The molecule has 0 aromatic carbocycles. The molecule has 0 aliphatic rings. The molecule has 1 N–H and O–H groups in total. The van der Waals surface area contributed by atoms with Crippen molar-refractivity contribution in [3.8, 4) is 0 Å². The van der Waals surface area contributed by atoms with Gasteiger partial charge >= 0.3 is 0 Å². The minimum Gasteiger partial charge on any atom is -0.365 e. The summed E-state index contributed by atoms with van der Waals surface area (Å²) < 4.78 is 0. The normalized spacial score (nSPS) is 11.0. The number of thiophene rings is 1. The van der Waals surface area contributed by atoms with E-state index in [1.165, 1.54) is 5.56 Å². The number of nitrogens with one attached hydrogen (secondary N) is 1. The lowest BCUT2D eigenvalue weighted by atomic mass is 10.1. The number of hydrogen-bond acceptors (Lipinski definition) is 5. The average molecular weight is 292 g/mol. The second-order valence-electron chi connectivity index (χ2n) is 4.76. The van der Waals surface area contributed by atoms with Gasteiger partial charge in [0.1, 0.15) is 5.82 Å². The van der Waals surface area contributed by atoms with E-state index in [1.807, 2.05) is 24.5 Å². The highest BCUT2D eigenvalue weighted by Gasteiger charge is 2.08. The molecule has 0 amide bonds. The number of rotatable bonds is 3. The molecule has 0 unspecified atom stereocenters. The SMILES string of the molecule is c1cc2nc(NCc3ccsc3)c3ccncc3c2cn1. The third kappa shape index (κ3) is 2.21. The number of nitrogens with zero attached hydrogens (tertiary/aromatic N) is 3. The van der Waals surface area contributed by atoms with Gasteiger partial charge in [0.25, 0.3) is 0 Å². The smallest absolute Gasteiger partial charge is 0.134 e. The van der Waals surface area contributed by atoms with Gasteiger partial charge in [-0.3, -0.25) is 9.97 Å². The molecular formula is C16H12N4S. The van der Waals surface area contributed by atoms with Gasteiger partial charge in [-0.2, -0.15) is 11.3 Å². The van der Waals surface area contributed by atoms with Crippen molar-refractivity contribution in [2.75, 3.05) is 5.32 Å². The van der Waals surface area contributed by atoms with Gasteiger partial charge in [0, 0.05) is 47.5 Å². The van der Waals surface area contributed by atoms with E-state index in [0.29, 0.717) is 0 Å². The summed E-state index contributed by atoms with van der Waals surface area (Å²) >= 11 is 1.70. The minimum atomic E-state index is 0.768. The number of hydrogen-bond donors (Lipinski definition) is 1. The summed E-state index contributed by atoms with van der Waals surface area (Å²) in [6, 6.07) is 6.04. The number of anilines is 1. The molecule has 4 aromatic rings. The second-order valence-corrected chi connectivity index (χ2v) is 5.54. The third-order valence-corrected chi connectivity index (χ3v) is 4.17. The predicted octanol–water partition coefficient (Wildman–Crippen LogP) is 3.85. The number of pyridine rings is 3. The molecule has 0 atom stereocenters. The molecule has 0 bridgehead atoms. The molecule has 0 aliphatic carbocycles. The summed E-state index contributed by atoms with van der Waals surface area (Å²) in [5.41, 5.74) is 2.19. The van der Waals surface area contributed by atoms with Gasteiger partial charge < -0.3 is 5.32 Å². The van der Waals surface area contributed by atoms with Crippen LogP contribution in [0.2, 0.25) is 0 Å². The fourth-order valence-electron chi connectivity index (χ4n) is 2.40. The van der Waals surface area contributed by atoms with Crippen LogP contribution >= 0.6 is 11.3 Å². The first kappa shape index (κ1) is 12.2. The minimum absolute atomic E-state index is 0.768. The zero-order chi connectivity index (χ0) is 14.1. The lowest BCUT2D eigenvalue weighted by Crippen LogP contribution is -2.02. The molecule has 0 radical (unpaired) electrons. The first-order valence-electron chi connectivity index (χ1n) is 6.64. The van der Waals surface area contributed by atoms with E-state index in [2.05, 4.69) is 32.1 Å². The zero-order valence-corrected chi connectivity index (χ0v) is 12.0. The van der Waals surface area contributed by atoms with Crippen LogP contribution in [0.1, 0.15) is 5.56 Å². The van der Waals surface area contributed by atoms with Gasteiger partial charge in [-0.15, -0.1) is 0 Å². The van der Waals surface area contributed by atoms with Crippen molar-refractivity contribution in [2.24, 2.45) is 0 Å². The molecule has 4 rings (SSSR count). The standard InChI is InChI=1S/C16H12N4S/c1-4-17-8-13-12(1)16(19-7-11-3-6-21-10-11)20-15-2-5-18-9-14(13)15/h1-6,8-10H,7H2,(H,19,20). The Kier molecular flexibility index (Phi) is 2.97. The Labute approximate surface area is 125 Å². The first-order valence-corrected chi connectivity index (χ1v) is 7.58. The molecule has 4 heterocycles. The maximum atomic E-state index is 4.73. The van der Waals surface area contributed by atoms with Gasteiger partial charge in [0.2, 0.25) is 0 Å². The molecule has 0 saturated heterocycles. The number of aromatic nitrogens is 3. The van der Waals surface area contributed by atoms with Gasteiger partial charge in [0.15, 0.2) is 0 Å². The van der Waals surface area contributed by atoms with Crippen LogP contribution in [-0.4, -0.2) is 15.0 Å². The van der Waals surface area contributed by atoms with Crippen LogP contribution in [0, 0.1) is 0 Å². The topological polar surface area (TPSA) is 50.7 Å². The molecule has 4 nitrogen and oxygen atoms in total. The van der Waals surface area contributed by atoms with E-state index in [9.17, 15) is 0 Å². The van der Waals surface area contributed by atoms with Crippen molar-refractivity contribution in [1.29, 1.82) is 0 Å². The monoisotopic (exact) mass is 292 g/mol. The Morgan fingerprint density at radius 2 is 1.81 bits per heavy atom. The molecule has 102 valence electrons. The summed E-state index contributed by atoms with van der Waals surface area (Å²) in [7, 11) is 0. The molecule has 4 aromatic heterocycles. The zero-order valence-electron chi connectivity index (χ0n) is 11.2. The van der Waals surface area contributed by atoms with Crippen molar-refractivity contribution >= 4 is 38.8 Å². The quantitative estimate of drug-likeness (QED) is 0.583. The van der Waals surface area contributed by atoms with Crippen molar-refractivity contribution in [2.45, 2.75) is 6.54 Å². The van der Waals surface area contributed by atoms with Crippen LogP contribution in [0.15, 0.2) is 53.7 Å². The molecule has 5 heteroatoms. The Balaban J connectivity index is 1.86. The molecule has 0 saturated carbocycles. The van der Waals surface area contributed by atoms with E-state index >= 15 is 0 Å². The first-order chi connectivity index (χ1) is 10.4. The van der Waals surface area contributed by atoms with E-state index in [0.717, 1.165) is 34.0 Å². The van der Waals surface area contributed by atoms with Gasteiger partial charge in [-0.1, -0.05) is 0 Å². The van der Waals surface area contributed by atoms with Crippen LogP contribution in [0.3, 0.4) is 0 Å². The number of fused-ring (bicyclic) bond motifs is 3. The Morgan fingerprint density at radius 1 is 0.952 bits per heavy atom.